The Hall–Kier alpha value is -1.13. The summed E-state index contributed by atoms with van der Waals surface area (Å²) in [6, 6.07) is 4.50. The first-order chi connectivity index (χ1) is 7.67. The third-order valence-corrected chi connectivity index (χ3v) is 3.31. The number of halogens is 1. The zero-order valence-electron chi connectivity index (χ0n) is 9.53. The van der Waals surface area contributed by atoms with Gasteiger partial charge in [-0.1, -0.05) is 6.92 Å². The van der Waals surface area contributed by atoms with Crippen molar-refractivity contribution in [2.45, 2.75) is 19.4 Å². The van der Waals surface area contributed by atoms with E-state index in [0.717, 1.165) is 12.0 Å². The lowest BCUT2D eigenvalue weighted by Gasteiger charge is -2.19. The Kier molecular flexibility index (Phi) is 3.12. The molecule has 3 nitrogen and oxygen atoms in total. The van der Waals surface area contributed by atoms with Gasteiger partial charge in [-0.15, -0.1) is 0 Å². The molecule has 0 amide bonds. The number of hydrogen-bond acceptors (Lipinski definition) is 3. The number of ether oxygens (including phenoxy) is 1. The summed E-state index contributed by atoms with van der Waals surface area (Å²) >= 11 is 0. The van der Waals surface area contributed by atoms with Gasteiger partial charge in [0.15, 0.2) is 0 Å². The number of benzene rings is 1. The van der Waals surface area contributed by atoms with Crippen LogP contribution in [0.15, 0.2) is 18.2 Å². The van der Waals surface area contributed by atoms with Crippen LogP contribution in [0.5, 0.6) is 5.75 Å². The van der Waals surface area contributed by atoms with Gasteiger partial charge in [0.05, 0.1) is 13.2 Å². The molecule has 3 unspecified atom stereocenters. The quantitative estimate of drug-likeness (QED) is 0.607. The maximum Gasteiger partial charge on any atom is 0.123 e. The first-order valence-corrected chi connectivity index (χ1v) is 5.47. The largest absolute Gasteiger partial charge is 0.496 e. The van der Waals surface area contributed by atoms with Crippen LogP contribution in [0, 0.1) is 17.7 Å². The fourth-order valence-electron chi connectivity index (χ4n) is 2.21. The van der Waals surface area contributed by atoms with Crippen LogP contribution in [0.2, 0.25) is 0 Å². The zero-order valence-corrected chi connectivity index (χ0v) is 9.53. The number of nitrogens with one attached hydrogen (secondary N) is 1. The minimum absolute atomic E-state index is 0.0272. The lowest BCUT2D eigenvalue weighted by atomic mass is 10.0. The Labute approximate surface area is 94.8 Å². The van der Waals surface area contributed by atoms with Gasteiger partial charge in [0, 0.05) is 5.56 Å². The van der Waals surface area contributed by atoms with Gasteiger partial charge in [-0.3, -0.25) is 11.3 Å². The highest BCUT2D eigenvalue weighted by Crippen LogP contribution is 2.48. The number of nitrogens with two attached hydrogens (primary N) is 1. The van der Waals surface area contributed by atoms with Gasteiger partial charge in [0.25, 0.3) is 0 Å². The van der Waals surface area contributed by atoms with E-state index in [1.807, 2.05) is 0 Å². The van der Waals surface area contributed by atoms with Gasteiger partial charge in [0.1, 0.15) is 11.6 Å². The van der Waals surface area contributed by atoms with E-state index in [1.54, 1.807) is 13.2 Å². The van der Waals surface area contributed by atoms with Gasteiger partial charge in [-0.05, 0) is 36.5 Å². The van der Waals surface area contributed by atoms with Gasteiger partial charge in [0.2, 0.25) is 0 Å². The van der Waals surface area contributed by atoms with Crippen LogP contribution in [-0.4, -0.2) is 7.11 Å². The predicted molar refractivity (Wildman–Crippen MR) is 60.3 cm³/mol. The molecular formula is C12H17FN2O. The van der Waals surface area contributed by atoms with E-state index in [0.29, 0.717) is 17.6 Å². The monoisotopic (exact) mass is 224 g/mol. The summed E-state index contributed by atoms with van der Waals surface area (Å²) < 4.78 is 18.5. The Bertz CT molecular complexity index is 383. The van der Waals surface area contributed by atoms with Crippen LogP contribution in [-0.2, 0) is 0 Å². The molecular weight excluding hydrogens is 207 g/mol. The molecule has 1 fully saturated rings. The Morgan fingerprint density at radius 2 is 2.25 bits per heavy atom. The average molecular weight is 224 g/mol. The van der Waals surface area contributed by atoms with E-state index in [2.05, 4.69) is 12.3 Å². The molecule has 1 saturated carbocycles. The second kappa shape index (κ2) is 4.39. The number of methoxy groups -OCH3 is 1. The molecule has 4 heteroatoms. The van der Waals surface area contributed by atoms with Crippen molar-refractivity contribution in [3.63, 3.8) is 0 Å². The minimum atomic E-state index is -0.260. The van der Waals surface area contributed by atoms with Gasteiger partial charge < -0.3 is 4.74 Å². The SMILES string of the molecule is COc1ccc(F)cc1C(NN)C1CC1C. The van der Waals surface area contributed by atoms with Crippen LogP contribution in [0.4, 0.5) is 4.39 Å². The summed E-state index contributed by atoms with van der Waals surface area (Å²) in [6.07, 6.45) is 1.12. The normalized spacial score (nSPS) is 25.2. The first-order valence-electron chi connectivity index (χ1n) is 5.47. The first kappa shape index (κ1) is 11.4. The molecule has 3 atom stereocenters. The fraction of sp³-hybridized carbons (Fsp3) is 0.500. The van der Waals surface area contributed by atoms with E-state index in [4.69, 9.17) is 10.6 Å². The van der Waals surface area contributed by atoms with Crippen molar-refractivity contribution in [1.82, 2.24) is 5.43 Å². The Morgan fingerprint density at radius 3 is 2.75 bits per heavy atom. The molecule has 0 bridgehead atoms. The summed E-state index contributed by atoms with van der Waals surface area (Å²) in [6.45, 7) is 2.17. The number of rotatable bonds is 4. The summed E-state index contributed by atoms with van der Waals surface area (Å²) in [7, 11) is 1.58. The predicted octanol–water partition coefficient (Wildman–Crippen LogP) is 1.99. The molecule has 3 N–H and O–H groups in total. The standard InChI is InChI=1S/C12H17FN2O/c1-7-5-9(7)12(15-14)10-6-8(13)3-4-11(10)16-2/h3-4,6-7,9,12,15H,5,14H2,1-2H3. The summed E-state index contributed by atoms with van der Waals surface area (Å²) in [4.78, 5) is 0. The lowest BCUT2D eigenvalue weighted by Crippen LogP contribution is -2.30. The molecule has 1 aromatic carbocycles. The van der Waals surface area contributed by atoms with Crippen molar-refractivity contribution in [2.75, 3.05) is 7.11 Å². The van der Waals surface area contributed by atoms with E-state index in [9.17, 15) is 4.39 Å². The maximum atomic E-state index is 13.2. The summed E-state index contributed by atoms with van der Waals surface area (Å²) in [5, 5.41) is 0. The smallest absolute Gasteiger partial charge is 0.123 e. The molecule has 88 valence electrons. The Balaban J connectivity index is 2.32. The molecule has 1 aromatic rings. The molecule has 0 spiro atoms. The van der Waals surface area contributed by atoms with Crippen molar-refractivity contribution in [3.8, 4) is 5.75 Å². The highest BCUT2D eigenvalue weighted by molar-refractivity contribution is 5.37. The lowest BCUT2D eigenvalue weighted by molar-refractivity contribution is 0.387. The van der Waals surface area contributed by atoms with Gasteiger partial charge >= 0.3 is 0 Å². The highest BCUT2D eigenvalue weighted by atomic mass is 19.1. The molecule has 0 aliphatic heterocycles. The number of hydrogen-bond donors (Lipinski definition) is 2. The third kappa shape index (κ3) is 2.03. The van der Waals surface area contributed by atoms with Gasteiger partial charge in [-0.2, -0.15) is 0 Å². The van der Waals surface area contributed by atoms with Crippen molar-refractivity contribution >= 4 is 0 Å². The molecule has 0 heterocycles. The minimum Gasteiger partial charge on any atom is -0.496 e. The zero-order chi connectivity index (χ0) is 11.7. The molecule has 1 aliphatic rings. The van der Waals surface area contributed by atoms with Crippen LogP contribution in [0.1, 0.15) is 24.9 Å². The second-order valence-corrected chi connectivity index (χ2v) is 4.41. The fourth-order valence-corrected chi connectivity index (χ4v) is 2.21. The van der Waals surface area contributed by atoms with E-state index >= 15 is 0 Å². The molecule has 0 radical (unpaired) electrons. The van der Waals surface area contributed by atoms with E-state index in [1.165, 1.54) is 12.1 Å². The molecule has 2 rings (SSSR count). The second-order valence-electron chi connectivity index (χ2n) is 4.41. The molecule has 16 heavy (non-hydrogen) atoms. The number of hydrazine groups is 1. The van der Waals surface area contributed by atoms with E-state index in [-0.39, 0.29) is 11.9 Å². The Morgan fingerprint density at radius 1 is 1.56 bits per heavy atom. The maximum absolute atomic E-state index is 13.2. The highest BCUT2D eigenvalue weighted by Gasteiger charge is 2.40. The van der Waals surface area contributed by atoms with Crippen molar-refractivity contribution in [2.24, 2.45) is 17.7 Å². The molecule has 1 aliphatic carbocycles. The van der Waals surface area contributed by atoms with Gasteiger partial charge in [-0.25, -0.2) is 4.39 Å². The van der Waals surface area contributed by atoms with Crippen LogP contribution in [0.3, 0.4) is 0 Å². The average Bonchev–Trinajstić information content (AvgIpc) is 2.97. The molecule has 0 aromatic heterocycles. The van der Waals surface area contributed by atoms with Crippen molar-refractivity contribution in [3.05, 3.63) is 29.6 Å². The van der Waals surface area contributed by atoms with Crippen LogP contribution >= 0.6 is 0 Å². The summed E-state index contributed by atoms with van der Waals surface area (Å²) in [5.41, 5.74) is 3.57. The third-order valence-electron chi connectivity index (χ3n) is 3.31. The van der Waals surface area contributed by atoms with Crippen molar-refractivity contribution < 1.29 is 9.13 Å². The van der Waals surface area contributed by atoms with Crippen LogP contribution < -0.4 is 16.0 Å². The van der Waals surface area contributed by atoms with E-state index < -0.39 is 0 Å². The van der Waals surface area contributed by atoms with Crippen LogP contribution in [0.25, 0.3) is 0 Å². The van der Waals surface area contributed by atoms with Crippen molar-refractivity contribution in [1.29, 1.82) is 0 Å². The summed E-state index contributed by atoms with van der Waals surface area (Å²) in [5.74, 6) is 7.08. The molecule has 0 saturated heterocycles. The topological polar surface area (TPSA) is 47.3 Å².